The molecule has 0 bridgehead atoms. The number of benzene rings is 1. The van der Waals surface area contributed by atoms with E-state index in [2.05, 4.69) is 21.2 Å². The van der Waals surface area contributed by atoms with Gasteiger partial charge in [0.25, 0.3) is 5.91 Å². The molecule has 0 aliphatic heterocycles. The summed E-state index contributed by atoms with van der Waals surface area (Å²) in [6.07, 6.45) is 0.591. The zero-order valence-electron chi connectivity index (χ0n) is 12.6. The molecule has 21 heavy (non-hydrogen) atoms. The minimum absolute atomic E-state index is 0.109. The van der Waals surface area contributed by atoms with Gasteiger partial charge < -0.3 is 10.2 Å². The average Bonchev–Trinajstić information content (AvgIpc) is 2.36. The van der Waals surface area contributed by atoms with Crippen molar-refractivity contribution in [3.8, 4) is 0 Å². The SMILES string of the molecule is CC(C)CC(NC(=O)c1ccc(Cl)cc1Br)C(=O)N(C)C. The number of likely N-dealkylation sites (N-methyl/N-ethyl adjacent to an activating group) is 1. The second-order valence-corrected chi connectivity index (χ2v) is 6.80. The molecule has 0 aromatic heterocycles. The second kappa shape index (κ2) is 7.80. The Kier molecular flexibility index (Phi) is 6.68. The van der Waals surface area contributed by atoms with Crippen molar-refractivity contribution in [2.45, 2.75) is 26.3 Å². The zero-order valence-corrected chi connectivity index (χ0v) is 15.0. The maximum absolute atomic E-state index is 12.3. The van der Waals surface area contributed by atoms with Crippen molar-refractivity contribution in [2.75, 3.05) is 14.1 Å². The van der Waals surface area contributed by atoms with Crippen LogP contribution in [-0.2, 0) is 4.79 Å². The van der Waals surface area contributed by atoms with Gasteiger partial charge in [-0.25, -0.2) is 0 Å². The highest BCUT2D eigenvalue weighted by atomic mass is 79.9. The summed E-state index contributed by atoms with van der Waals surface area (Å²) in [6, 6.07) is 4.40. The Bertz CT molecular complexity index is 532. The highest BCUT2D eigenvalue weighted by Crippen LogP contribution is 2.22. The predicted octanol–water partition coefficient (Wildman–Crippen LogP) is 3.34. The minimum Gasteiger partial charge on any atom is -0.347 e. The molecule has 0 aliphatic carbocycles. The molecule has 0 fully saturated rings. The predicted molar refractivity (Wildman–Crippen MR) is 88.6 cm³/mol. The monoisotopic (exact) mass is 374 g/mol. The van der Waals surface area contributed by atoms with E-state index in [0.717, 1.165) is 0 Å². The summed E-state index contributed by atoms with van der Waals surface area (Å²) in [5.74, 6) is -0.102. The van der Waals surface area contributed by atoms with E-state index >= 15 is 0 Å². The molecule has 6 heteroatoms. The van der Waals surface area contributed by atoms with E-state index in [1.807, 2.05) is 13.8 Å². The molecule has 1 N–H and O–H groups in total. The lowest BCUT2D eigenvalue weighted by molar-refractivity contribution is -0.131. The van der Waals surface area contributed by atoms with E-state index in [-0.39, 0.29) is 11.8 Å². The lowest BCUT2D eigenvalue weighted by Gasteiger charge is -2.23. The third-order valence-electron chi connectivity index (χ3n) is 2.93. The first-order chi connectivity index (χ1) is 9.72. The number of hydrogen-bond donors (Lipinski definition) is 1. The van der Waals surface area contributed by atoms with Crippen LogP contribution in [0.3, 0.4) is 0 Å². The Labute approximate surface area is 139 Å². The van der Waals surface area contributed by atoms with E-state index in [1.54, 1.807) is 32.3 Å². The molecule has 1 aromatic carbocycles. The van der Waals surface area contributed by atoms with Crippen LogP contribution in [0.4, 0.5) is 0 Å². The van der Waals surface area contributed by atoms with Crippen molar-refractivity contribution in [3.05, 3.63) is 33.3 Å². The minimum atomic E-state index is -0.532. The second-order valence-electron chi connectivity index (χ2n) is 5.51. The molecule has 1 aromatic rings. The fourth-order valence-corrected chi connectivity index (χ4v) is 2.78. The van der Waals surface area contributed by atoms with Gasteiger partial charge in [0.1, 0.15) is 6.04 Å². The number of carbonyl (C=O) groups excluding carboxylic acids is 2. The van der Waals surface area contributed by atoms with Gasteiger partial charge in [0.05, 0.1) is 5.56 Å². The Morgan fingerprint density at radius 1 is 1.33 bits per heavy atom. The van der Waals surface area contributed by atoms with Crippen LogP contribution in [0.5, 0.6) is 0 Å². The lowest BCUT2D eigenvalue weighted by Crippen LogP contribution is -2.47. The first-order valence-corrected chi connectivity index (χ1v) is 7.86. The average molecular weight is 376 g/mol. The van der Waals surface area contributed by atoms with Crippen molar-refractivity contribution in [1.29, 1.82) is 0 Å². The summed E-state index contributed by atoms with van der Waals surface area (Å²) in [5.41, 5.74) is 0.458. The molecular weight excluding hydrogens is 356 g/mol. The van der Waals surface area contributed by atoms with Crippen molar-refractivity contribution >= 4 is 39.3 Å². The third kappa shape index (κ3) is 5.32. The Balaban J connectivity index is 2.92. The summed E-state index contributed by atoms with van der Waals surface area (Å²) in [7, 11) is 3.36. The summed E-state index contributed by atoms with van der Waals surface area (Å²) in [6.45, 7) is 4.03. The molecule has 0 aliphatic rings. The molecular formula is C15H20BrClN2O2. The van der Waals surface area contributed by atoms with Crippen molar-refractivity contribution in [1.82, 2.24) is 10.2 Å². The number of halogens is 2. The third-order valence-corrected chi connectivity index (χ3v) is 3.82. The summed E-state index contributed by atoms with van der Waals surface area (Å²) < 4.78 is 0.605. The van der Waals surface area contributed by atoms with Gasteiger partial charge in [-0.15, -0.1) is 0 Å². The molecule has 1 rings (SSSR count). The zero-order chi connectivity index (χ0) is 16.2. The number of nitrogens with zero attached hydrogens (tertiary/aromatic N) is 1. The molecule has 116 valence electrons. The standard InChI is InChI=1S/C15H20BrClN2O2/c1-9(2)7-13(15(21)19(3)4)18-14(20)11-6-5-10(17)8-12(11)16/h5-6,8-9,13H,7H2,1-4H3,(H,18,20). The molecule has 0 spiro atoms. The molecule has 0 radical (unpaired) electrons. The molecule has 2 amide bonds. The normalized spacial score (nSPS) is 12.1. The van der Waals surface area contributed by atoms with Gasteiger partial charge >= 0.3 is 0 Å². The quantitative estimate of drug-likeness (QED) is 0.858. The number of amides is 2. The van der Waals surface area contributed by atoms with Crippen LogP contribution in [-0.4, -0.2) is 36.9 Å². The van der Waals surface area contributed by atoms with Gasteiger partial charge in [-0.2, -0.15) is 0 Å². The highest BCUT2D eigenvalue weighted by Gasteiger charge is 2.24. The van der Waals surface area contributed by atoms with Crippen LogP contribution in [0.1, 0.15) is 30.6 Å². The molecule has 1 unspecified atom stereocenters. The topological polar surface area (TPSA) is 49.4 Å². The first-order valence-electron chi connectivity index (χ1n) is 6.69. The summed E-state index contributed by atoms with van der Waals surface area (Å²) in [4.78, 5) is 26.0. The van der Waals surface area contributed by atoms with Crippen LogP contribution in [0.2, 0.25) is 5.02 Å². The first kappa shape index (κ1) is 18.0. The molecule has 0 saturated heterocycles. The Morgan fingerprint density at radius 3 is 2.43 bits per heavy atom. The van der Waals surface area contributed by atoms with E-state index in [4.69, 9.17) is 11.6 Å². The summed E-state index contributed by atoms with van der Waals surface area (Å²) in [5, 5.41) is 3.35. The fourth-order valence-electron chi connectivity index (χ4n) is 1.91. The largest absolute Gasteiger partial charge is 0.347 e. The van der Waals surface area contributed by atoms with Crippen LogP contribution in [0, 0.1) is 5.92 Å². The maximum Gasteiger partial charge on any atom is 0.253 e. The Hall–Kier alpha value is -1.07. The highest BCUT2D eigenvalue weighted by molar-refractivity contribution is 9.10. The Morgan fingerprint density at radius 2 is 1.95 bits per heavy atom. The molecule has 1 atom stereocenters. The van der Waals surface area contributed by atoms with Gasteiger partial charge in [0, 0.05) is 23.6 Å². The van der Waals surface area contributed by atoms with E-state index in [0.29, 0.717) is 27.4 Å². The van der Waals surface area contributed by atoms with Crippen LogP contribution in [0.15, 0.2) is 22.7 Å². The number of nitrogens with one attached hydrogen (secondary N) is 1. The van der Waals surface area contributed by atoms with Gasteiger partial charge in [-0.3, -0.25) is 9.59 Å². The van der Waals surface area contributed by atoms with Gasteiger partial charge in [-0.05, 0) is 46.5 Å². The van der Waals surface area contributed by atoms with Gasteiger partial charge in [0.2, 0.25) is 5.91 Å². The summed E-state index contributed by atoms with van der Waals surface area (Å²) >= 11 is 9.18. The van der Waals surface area contributed by atoms with Crippen LogP contribution < -0.4 is 5.32 Å². The molecule has 4 nitrogen and oxygen atoms in total. The van der Waals surface area contributed by atoms with E-state index in [1.165, 1.54) is 4.90 Å². The fraction of sp³-hybridized carbons (Fsp3) is 0.467. The van der Waals surface area contributed by atoms with Crippen LogP contribution in [0.25, 0.3) is 0 Å². The van der Waals surface area contributed by atoms with Crippen LogP contribution >= 0.6 is 27.5 Å². The maximum atomic E-state index is 12.3. The smallest absolute Gasteiger partial charge is 0.253 e. The molecule has 0 heterocycles. The van der Waals surface area contributed by atoms with Gasteiger partial charge in [0.15, 0.2) is 0 Å². The molecule has 0 saturated carbocycles. The van der Waals surface area contributed by atoms with Crippen molar-refractivity contribution < 1.29 is 9.59 Å². The van der Waals surface area contributed by atoms with E-state index in [9.17, 15) is 9.59 Å². The van der Waals surface area contributed by atoms with Crippen molar-refractivity contribution in [3.63, 3.8) is 0 Å². The number of hydrogen-bond acceptors (Lipinski definition) is 2. The van der Waals surface area contributed by atoms with Crippen molar-refractivity contribution in [2.24, 2.45) is 5.92 Å². The number of carbonyl (C=O) groups is 2. The number of rotatable bonds is 5. The lowest BCUT2D eigenvalue weighted by atomic mass is 10.0. The van der Waals surface area contributed by atoms with Gasteiger partial charge in [-0.1, -0.05) is 25.4 Å². The van der Waals surface area contributed by atoms with E-state index < -0.39 is 6.04 Å².